The molecule has 9 heteroatoms. The van der Waals surface area contributed by atoms with E-state index in [0.29, 0.717) is 12.1 Å². The fourth-order valence-corrected chi connectivity index (χ4v) is 4.41. The number of sulfonamides is 1. The summed E-state index contributed by atoms with van der Waals surface area (Å²) >= 11 is 0. The Hall–Kier alpha value is -2.94. The van der Waals surface area contributed by atoms with E-state index in [2.05, 4.69) is 0 Å². The second kappa shape index (κ2) is 9.04. The molecule has 2 rings (SSSR count). The number of anilines is 1. The molecule has 0 aliphatic rings. The number of non-ortho nitro benzene ring substituents is 1. The number of nitro groups is 1. The average molecular weight is 420 g/mol. The largest absolute Gasteiger partial charge is 0.340 e. The van der Waals surface area contributed by atoms with Gasteiger partial charge < -0.3 is 4.90 Å². The highest BCUT2D eigenvalue weighted by Gasteiger charge is 2.34. The van der Waals surface area contributed by atoms with Crippen LogP contribution in [-0.4, -0.2) is 43.5 Å². The predicted octanol–water partition coefficient (Wildman–Crippen LogP) is 3.11. The van der Waals surface area contributed by atoms with Crippen LogP contribution in [0.5, 0.6) is 0 Å². The number of nitro benzene ring substituents is 1. The molecule has 2 aromatic rings. The van der Waals surface area contributed by atoms with Gasteiger partial charge in [-0.2, -0.15) is 0 Å². The fourth-order valence-electron chi connectivity index (χ4n) is 3.16. The number of hydrogen-bond acceptors (Lipinski definition) is 5. The Labute approximate surface area is 171 Å². The van der Waals surface area contributed by atoms with Crippen molar-refractivity contribution in [2.24, 2.45) is 0 Å². The zero-order valence-electron chi connectivity index (χ0n) is 16.9. The summed E-state index contributed by atoms with van der Waals surface area (Å²) in [4.78, 5) is 25.2. The second-order valence-corrected chi connectivity index (χ2v) is 8.75. The highest BCUT2D eigenvalue weighted by Crippen LogP contribution is 2.30. The van der Waals surface area contributed by atoms with Crippen LogP contribution in [0.2, 0.25) is 0 Å². The van der Waals surface area contributed by atoms with Crippen molar-refractivity contribution in [1.29, 1.82) is 0 Å². The molecule has 0 spiro atoms. The van der Waals surface area contributed by atoms with Gasteiger partial charge in [0.15, 0.2) is 0 Å². The van der Waals surface area contributed by atoms with Gasteiger partial charge in [-0.1, -0.05) is 43.3 Å². The zero-order valence-corrected chi connectivity index (χ0v) is 17.7. The predicted molar refractivity (Wildman–Crippen MR) is 112 cm³/mol. The lowest BCUT2D eigenvalue weighted by Gasteiger charge is -2.33. The third kappa shape index (κ3) is 5.32. The number of carbonyl (C=O) groups excluding carboxylic acids is 1. The zero-order chi connectivity index (χ0) is 21.8. The summed E-state index contributed by atoms with van der Waals surface area (Å²) < 4.78 is 26.3. The van der Waals surface area contributed by atoms with E-state index in [4.69, 9.17) is 0 Å². The van der Waals surface area contributed by atoms with Crippen LogP contribution in [0, 0.1) is 17.0 Å². The molecule has 0 N–H and O–H groups in total. The smallest absolute Gasteiger partial charge is 0.271 e. The fraction of sp³-hybridized carbons (Fsp3) is 0.350. The van der Waals surface area contributed by atoms with Crippen molar-refractivity contribution in [3.8, 4) is 0 Å². The number of benzene rings is 2. The number of likely N-dealkylation sites (N-methyl/N-ethyl adjacent to an activating group) is 1. The monoisotopic (exact) mass is 419 g/mol. The molecule has 8 nitrogen and oxygen atoms in total. The maximum Gasteiger partial charge on any atom is 0.271 e. The van der Waals surface area contributed by atoms with Crippen LogP contribution in [0.15, 0.2) is 48.5 Å². The topological polar surface area (TPSA) is 101 Å². The summed E-state index contributed by atoms with van der Waals surface area (Å²) in [5, 5.41) is 11.2. The number of rotatable bonds is 8. The van der Waals surface area contributed by atoms with E-state index in [1.54, 1.807) is 20.9 Å². The van der Waals surface area contributed by atoms with Gasteiger partial charge >= 0.3 is 0 Å². The summed E-state index contributed by atoms with van der Waals surface area (Å²) in [5.74, 6) is -0.382. The van der Waals surface area contributed by atoms with E-state index >= 15 is 0 Å². The Balaban J connectivity index is 2.46. The van der Waals surface area contributed by atoms with Crippen molar-refractivity contribution in [3.63, 3.8) is 0 Å². The molecule has 0 saturated carbocycles. The lowest BCUT2D eigenvalue weighted by atomic mass is 10.1. The van der Waals surface area contributed by atoms with Gasteiger partial charge in [-0.3, -0.25) is 19.2 Å². The van der Waals surface area contributed by atoms with Gasteiger partial charge in [0.2, 0.25) is 15.9 Å². The highest BCUT2D eigenvalue weighted by atomic mass is 32.2. The number of nitrogens with zero attached hydrogens (tertiary/aromatic N) is 3. The molecule has 0 aliphatic carbocycles. The Bertz CT molecular complexity index is 992. The molecule has 0 bridgehead atoms. The van der Waals surface area contributed by atoms with Crippen molar-refractivity contribution in [3.05, 3.63) is 69.8 Å². The number of aryl methyl sites for hydroxylation is 1. The summed E-state index contributed by atoms with van der Waals surface area (Å²) in [6.07, 6.45) is 1.21. The van der Waals surface area contributed by atoms with E-state index in [0.717, 1.165) is 16.1 Å². The lowest BCUT2D eigenvalue weighted by Crippen LogP contribution is -2.49. The molecule has 0 aromatic heterocycles. The molecule has 1 amide bonds. The normalized spacial score (nSPS) is 12.3. The molecular weight excluding hydrogens is 394 g/mol. The first-order valence-corrected chi connectivity index (χ1v) is 10.9. The van der Waals surface area contributed by atoms with E-state index < -0.39 is 21.0 Å². The van der Waals surface area contributed by atoms with Gasteiger partial charge in [0.25, 0.3) is 5.69 Å². The Kier molecular flexibility index (Phi) is 6.97. The van der Waals surface area contributed by atoms with Crippen LogP contribution in [-0.2, 0) is 21.4 Å². The minimum absolute atomic E-state index is 0.134. The summed E-state index contributed by atoms with van der Waals surface area (Å²) in [5.41, 5.74) is 1.34. The summed E-state index contributed by atoms with van der Waals surface area (Å²) in [6, 6.07) is 12.3. The molecular formula is C20H25N3O5S. The Morgan fingerprint density at radius 2 is 1.79 bits per heavy atom. The van der Waals surface area contributed by atoms with E-state index in [9.17, 15) is 23.3 Å². The first-order chi connectivity index (χ1) is 13.6. The molecule has 0 radical (unpaired) electrons. The Morgan fingerprint density at radius 1 is 1.17 bits per heavy atom. The first kappa shape index (κ1) is 22.4. The molecule has 0 unspecified atom stereocenters. The van der Waals surface area contributed by atoms with Crippen LogP contribution >= 0.6 is 0 Å². The number of hydrogen-bond donors (Lipinski definition) is 0. The quantitative estimate of drug-likeness (QED) is 0.483. The highest BCUT2D eigenvalue weighted by molar-refractivity contribution is 7.92. The van der Waals surface area contributed by atoms with Crippen molar-refractivity contribution >= 4 is 27.3 Å². The summed E-state index contributed by atoms with van der Waals surface area (Å²) in [7, 11) is -2.27. The van der Waals surface area contributed by atoms with Gasteiger partial charge in [0.05, 0.1) is 16.9 Å². The van der Waals surface area contributed by atoms with Gasteiger partial charge in [0, 0.05) is 25.7 Å². The maximum atomic E-state index is 13.2. The van der Waals surface area contributed by atoms with Gasteiger partial charge in [-0.05, 0) is 24.5 Å². The average Bonchev–Trinajstić information content (AvgIpc) is 2.66. The van der Waals surface area contributed by atoms with Crippen LogP contribution in [0.1, 0.15) is 24.5 Å². The van der Waals surface area contributed by atoms with Crippen molar-refractivity contribution in [1.82, 2.24) is 4.90 Å². The minimum atomic E-state index is -3.88. The van der Waals surface area contributed by atoms with Crippen molar-refractivity contribution in [2.45, 2.75) is 32.9 Å². The van der Waals surface area contributed by atoms with Crippen molar-refractivity contribution < 1.29 is 18.1 Å². The molecule has 0 heterocycles. The van der Waals surface area contributed by atoms with E-state index in [-0.39, 0.29) is 23.7 Å². The van der Waals surface area contributed by atoms with E-state index in [1.165, 1.54) is 23.1 Å². The Morgan fingerprint density at radius 3 is 2.31 bits per heavy atom. The third-order valence-electron chi connectivity index (χ3n) is 4.59. The standard InChI is InChI=1S/C20H25N3O5S/c1-5-18(20(24)21(3)14-16-9-7-6-8-10-16)22(29(4,27)28)19-13-17(23(25)26)12-11-15(19)2/h6-13,18H,5,14H2,1-4H3/t18-/m0/s1. The number of carbonyl (C=O) groups is 1. The molecule has 0 fully saturated rings. The van der Waals surface area contributed by atoms with Crippen LogP contribution in [0.4, 0.5) is 11.4 Å². The van der Waals surface area contributed by atoms with Crippen LogP contribution < -0.4 is 4.31 Å². The molecule has 0 aliphatic heterocycles. The third-order valence-corrected chi connectivity index (χ3v) is 5.76. The van der Waals surface area contributed by atoms with Gasteiger partial charge in [-0.25, -0.2) is 8.42 Å². The molecule has 0 saturated heterocycles. The van der Waals surface area contributed by atoms with Gasteiger partial charge in [0.1, 0.15) is 6.04 Å². The maximum absolute atomic E-state index is 13.2. The van der Waals surface area contributed by atoms with Gasteiger partial charge in [-0.15, -0.1) is 0 Å². The second-order valence-electron chi connectivity index (χ2n) is 6.89. The lowest BCUT2D eigenvalue weighted by molar-refractivity contribution is -0.384. The van der Waals surface area contributed by atoms with Crippen LogP contribution in [0.3, 0.4) is 0 Å². The molecule has 1 atom stereocenters. The SMILES string of the molecule is CC[C@@H](C(=O)N(C)Cc1ccccc1)N(c1cc([N+](=O)[O-])ccc1C)S(C)(=O)=O. The first-order valence-electron chi connectivity index (χ1n) is 9.09. The minimum Gasteiger partial charge on any atom is -0.340 e. The summed E-state index contributed by atoms with van der Waals surface area (Å²) in [6.45, 7) is 3.69. The molecule has 156 valence electrons. The number of amides is 1. The van der Waals surface area contributed by atoms with Crippen LogP contribution in [0.25, 0.3) is 0 Å². The van der Waals surface area contributed by atoms with Crippen molar-refractivity contribution in [2.75, 3.05) is 17.6 Å². The molecule has 2 aromatic carbocycles. The van der Waals surface area contributed by atoms with E-state index in [1.807, 2.05) is 30.3 Å². The molecule has 29 heavy (non-hydrogen) atoms.